The third-order valence-corrected chi connectivity index (χ3v) is 4.30. The number of nitrogens with zero attached hydrogens (tertiary/aromatic N) is 1. The summed E-state index contributed by atoms with van der Waals surface area (Å²) >= 11 is 0. The van der Waals surface area contributed by atoms with E-state index in [0.717, 1.165) is 25.7 Å². The van der Waals surface area contributed by atoms with E-state index in [9.17, 15) is 4.57 Å². The van der Waals surface area contributed by atoms with Crippen molar-refractivity contribution >= 4 is 7.82 Å². The van der Waals surface area contributed by atoms with Gasteiger partial charge in [-0.3, -0.25) is 4.52 Å². The molecule has 20 heavy (non-hydrogen) atoms. The van der Waals surface area contributed by atoms with Gasteiger partial charge in [0, 0.05) is 13.7 Å². The van der Waals surface area contributed by atoms with Crippen LogP contribution in [0.25, 0.3) is 0 Å². The van der Waals surface area contributed by atoms with Gasteiger partial charge in [0.05, 0.1) is 21.1 Å². The van der Waals surface area contributed by atoms with Crippen molar-refractivity contribution in [3.63, 3.8) is 0 Å². The van der Waals surface area contributed by atoms with E-state index >= 15 is 0 Å². The van der Waals surface area contributed by atoms with E-state index in [1.807, 2.05) is 21.1 Å². The molecule has 0 heterocycles. The molecule has 6 nitrogen and oxygen atoms in total. The van der Waals surface area contributed by atoms with Crippen molar-refractivity contribution in [2.45, 2.75) is 31.8 Å². The first-order valence-electron chi connectivity index (χ1n) is 7.14. The quantitative estimate of drug-likeness (QED) is 0.552. The zero-order chi connectivity index (χ0) is 15.4. The highest BCUT2D eigenvalue weighted by Gasteiger charge is 2.36. The Bertz CT molecular complexity index is 336. The normalized spacial score (nSPS) is 26.5. The summed E-state index contributed by atoms with van der Waals surface area (Å²) in [5.41, 5.74) is 0. The summed E-state index contributed by atoms with van der Waals surface area (Å²) in [4.78, 5) is 18.3. The second-order valence-electron chi connectivity index (χ2n) is 6.86. The van der Waals surface area contributed by atoms with E-state index in [1.54, 1.807) is 7.11 Å². The molecule has 1 rings (SSSR count). The first-order chi connectivity index (χ1) is 9.11. The Hall–Kier alpha value is 0.0300. The SMILES string of the molecule is COCC1CCCC(C(C[N+](C)(C)C)OP(=O)(O)O)C1. The number of methoxy groups -OCH3 is 1. The molecule has 3 atom stereocenters. The fraction of sp³-hybridized carbons (Fsp3) is 1.00. The van der Waals surface area contributed by atoms with E-state index < -0.39 is 13.9 Å². The summed E-state index contributed by atoms with van der Waals surface area (Å²) in [5.74, 6) is 0.656. The first kappa shape index (κ1) is 18.1. The smallest absolute Gasteiger partial charge is 0.384 e. The monoisotopic (exact) mass is 310 g/mol. The molecular formula is C13H29NO5P+. The molecule has 1 aliphatic carbocycles. The Morgan fingerprint density at radius 2 is 1.95 bits per heavy atom. The molecule has 0 aromatic heterocycles. The van der Waals surface area contributed by atoms with Crippen molar-refractivity contribution < 1.29 is 28.1 Å². The molecule has 0 radical (unpaired) electrons. The Balaban J connectivity index is 2.73. The van der Waals surface area contributed by atoms with Gasteiger partial charge in [0.1, 0.15) is 12.6 Å². The van der Waals surface area contributed by atoms with Crippen LogP contribution in [-0.2, 0) is 13.8 Å². The van der Waals surface area contributed by atoms with Crippen LogP contribution in [0.4, 0.5) is 0 Å². The maximum Gasteiger partial charge on any atom is 0.470 e. The highest BCUT2D eigenvalue weighted by molar-refractivity contribution is 7.46. The average Bonchev–Trinajstić information content (AvgIpc) is 2.25. The van der Waals surface area contributed by atoms with E-state index in [1.165, 1.54) is 0 Å². The number of ether oxygens (including phenoxy) is 1. The molecule has 120 valence electrons. The van der Waals surface area contributed by atoms with Crippen LogP contribution in [-0.4, -0.2) is 61.8 Å². The molecule has 1 aliphatic rings. The zero-order valence-electron chi connectivity index (χ0n) is 13.0. The lowest BCUT2D eigenvalue weighted by Gasteiger charge is -2.37. The summed E-state index contributed by atoms with van der Waals surface area (Å²) in [7, 11) is 3.26. The molecule has 1 saturated carbocycles. The molecule has 0 bridgehead atoms. The summed E-state index contributed by atoms with van der Waals surface area (Å²) in [6.07, 6.45) is 3.66. The van der Waals surface area contributed by atoms with E-state index in [0.29, 0.717) is 23.6 Å². The molecular weight excluding hydrogens is 281 g/mol. The van der Waals surface area contributed by atoms with Crippen LogP contribution in [0, 0.1) is 11.8 Å². The molecule has 1 fully saturated rings. The van der Waals surface area contributed by atoms with E-state index in [2.05, 4.69) is 0 Å². The number of rotatable bonds is 7. The Kier molecular flexibility index (Phi) is 6.64. The van der Waals surface area contributed by atoms with Gasteiger partial charge in [0.2, 0.25) is 0 Å². The molecule has 0 amide bonds. The molecule has 2 N–H and O–H groups in total. The van der Waals surface area contributed by atoms with Gasteiger partial charge in [0.25, 0.3) is 0 Å². The Morgan fingerprint density at radius 1 is 1.30 bits per heavy atom. The number of hydrogen-bond acceptors (Lipinski definition) is 3. The predicted molar refractivity (Wildman–Crippen MR) is 77.1 cm³/mol. The van der Waals surface area contributed by atoms with Crippen molar-refractivity contribution in [1.82, 2.24) is 0 Å². The van der Waals surface area contributed by atoms with Gasteiger partial charge in [-0.25, -0.2) is 4.57 Å². The van der Waals surface area contributed by atoms with Gasteiger partial charge in [-0.15, -0.1) is 0 Å². The lowest BCUT2D eigenvalue weighted by atomic mass is 9.79. The molecule has 7 heteroatoms. The average molecular weight is 310 g/mol. The topological polar surface area (TPSA) is 76.0 Å². The minimum atomic E-state index is -4.45. The summed E-state index contributed by atoms with van der Waals surface area (Å²) < 4.78 is 22.1. The van der Waals surface area contributed by atoms with E-state index in [4.69, 9.17) is 19.0 Å². The number of likely N-dealkylation sites (N-methyl/N-ethyl adjacent to an activating group) is 1. The van der Waals surface area contributed by atoms with Gasteiger partial charge in [-0.1, -0.05) is 6.42 Å². The summed E-state index contributed by atoms with van der Waals surface area (Å²) in [5, 5.41) is 0. The van der Waals surface area contributed by atoms with Crippen molar-refractivity contribution in [1.29, 1.82) is 0 Å². The molecule has 0 aromatic carbocycles. The van der Waals surface area contributed by atoms with Crippen molar-refractivity contribution in [3.8, 4) is 0 Å². The second kappa shape index (κ2) is 7.34. The molecule has 0 saturated heterocycles. The largest absolute Gasteiger partial charge is 0.470 e. The van der Waals surface area contributed by atoms with Gasteiger partial charge >= 0.3 is 7.82 Å². The fourth-order valence-corrected chi connectivity index (χ4v) is 3.63. The number of hydrogen-bond donors (Lipinski definition) is 2. The van der Waals surface area contributed by atoms with Gasteiger partial charge in [0.15, 0.2) is 0 Å². The molecule has 0 aliphatic heterocycles. The van der Waals surface area contributed by atoms with Crippen molar-refractivity contribution in [2.24, 2.45) is 11.8 Å². The minimum Gasteiger partial charge on any atom is -0.384 e. The van der Waals surface area contributed by atoms with Crippen LogP contribution in [0.3, 0.4) is 0 Å². The number of phosphoric acid groups is 1. The van der Waals surface area contributed by atoms with Crippen LogP contribution < -0.4 is 0 Å². The minimum absolute atomic E-state index is 0.189. The van der Waals surface area contributed by atoms with Gasteiger partial charge in [-0.05, 0) is 31.1 Å². The Labute approximate surface area is 121 Å². The maximum absolute atomic E-state index is 11.2. The van der Waals surface area contributed by atoms with Gasteiger partial charge in [-0.2, -0.15) is 0 Å². The Morgan fingerprint density at radius 3 is 2.45 bits per heavy atom. The highest BCUT2D eigenvalue weighted by Crippen LogP contribution is 2.43. The van der Waals surface area contributed by atoms with Crippen LogP contribution in [0.15, 0.2) is 0 Å². The number of quaternary nitrogens is 1. The highest BCUT2D eigenvalue weighted by atomic mass is 31.2. The van der Waals surface area contributed by atoms with Crippen molar-refractivity contribution in [3.05, 3.63) is 0 Å². The van der Waals surface area contributed by atoms with Gasteiger partial charge < -0.3 is 19.0 Å². The zero-order valence-corrected chi connectivity index (χ0v) is 13.9. The van der Waals surface area contributed by atoms with Crippen LogP contribution in [0.1, 0.15) is 25.7 Å². The van der Waals surface area contributed by atoms with Crippen LogP contribution in [0.5, 0.6) is 0 Å². The standard InChI is InChI=1S/C13H28NO5P/c1-14(2,3)9-13(19-20(15,16)17)12-7-5-6-11(8-12)10-18-4/h11-13H,5-10H2,1-4H3,(H-,15,16,17)/p+1. The third kappa shape index (κ3) is 7.16. The number of phosphoric ester groups is 1. The van der Waals surface area contributed by atoms with E-state index in [-0.39, 0.29) is 5.92 Å². The molecule has 0 spiro atoms. The predicted octanol–water partition coefficient (Wildman–Crippen LogP) is 1.62. The maximum atomic E-state index is 11.2. The lowest BCUT2D eigenvalue weighted by molar-refractivity contribution is -0.873. The second-order valence-corrected chi connectivity index (χ2v) is 8.05. The molecule has 3 unspecified atom stereocenters. The lowest BCUT2D eigenvalue weighted by Crippen LogP contribution is -2.46. The third-order valence-electron chi connectivity index (χ3n) is 3.75. The van der Waals surface area contributed by atoms with Crippen molar-refractivity contribution in [2.75, 3.05) is 41.4 Å². The summed E-state index contributed by atoms with van der Waals surface area (Å²) in [6.45, 7) is 1.30. The fourth-order valence-electron chi connectivity index (χ4n) is 3.04. The van der Waals surface area contributed by atoms with Crippen LogP contribution in [0.2, 0.25) is 0 Å². The molecule has 0 aromatic rings. The first-order valence-corrected chi connectivity index (χ1v) is 8.67. The van der Waals surface area contributed by atoms with Crippen LogP contribution >= 0.6 is 7.82 Å². The summed E-state index contributed by atoms with van der Waals surface area (Å²) in [6, 6.07) is 0.